The average Bonchev–Trinajstić information content (AvgIpc) is 2.57. The first-order valence-corrected chi connectivity index (χ1v) is 4.31. The van der Waals surface area contributed by atoms with Gasteiger partial charge in [-0.1, -0.05) is 11.6 Å². The molecule has 5 nitrogen and oxygen atoms in total. The van der Waals surface area contributed by atoms with E-state index in [9.17, 15) is 4.79 Å². The fraction of sp³-hybridized carbons (Fsp3) is 0.125. The summed E-state index contributed by atoms with van der Waals surface area (Å²) in [6.07, 6.45) is 4.70. The number of nitrogens with one attached hydrogen (secondary N) is 1. The Balaban J connectivity index is 2.63. The molecule has 1 N–H and O–H groups in total. The van der Waals surface area contributed by atoms with Crippen LogP contribution in [0, 0.1) is 6.92 Å². The van der Waals surface area contributed by atoms with Gasteiger partial charge >= 0.3 is 0 Å². The highest BCUT2D eigenvalue weighted by atomic mass is 35.5. The van der Waals surface area contributed by atoms with Crippen LogP contribution >= 0.6 is 11.6 Å². The van der Waals surface area contributed by atoms with Crippen LogP contribution in [0.1, 0.15) is 5.56 Å². The largest absolute Gasteiger partial charge is 0.312 e. The first-order valence-electron chi connectivity index (χ1n) is 3.93. The Kier molecular flexibility index (Phi) is 2.09. The van der Waals surface area contributed by atoms with E-state index in [2.05, 4.69) is 15.1 Å². The molecule has 0 radical (unpaired) electrons. The molecule has 2 rings (SSSR count). The molecule has 0 atom stereocenters. The van der Waals surface area contributed by atoms with Gasteiger partial charge < -0.3 is 4.98 Å². The molecule has 72 valence electrons. The predicted octanol–water partition coefficient (Wildman–Crippen LogP) is 0.917. The third-order valence-electron chi connectivity index (χ3n) is 1.71. The second kappa shape index (κ2) is 3.26. The van der Waals surface area contributed by atoms with Crippen LogP contribution in [-0.4, -0.2) is 19.7 Å². The molecule has 0 aliphatic carbocycles. The highest BCUT2D eigenvalue weighted by Crippen LogP contribution is 2.11. The maximum Gasteiger partial charge on any atom is 0.271 e. The van der Waals surface area contributed by atoms with Crippen LogP contribution in [0.2, 0.25) is 5.02 Å². The van der Waals surface area contributed by atoms with Gasteiger partial charge in [-0.25, -0.2) is 9.67 Å². The minimum Gasteiger partial charge on any atom is -0.312 e. The summed E-state index contributed by atoms with van der Waals surface area (Å²) < 4.78 is 1.47. The van der Waals surface area contributed by atoms with Gasteiger partial charge in [0.05, 0.1) is 12.5 Å². The van der Waals surface area contributed by atoms with Crippen LogP contribution in [-0.2, 0) is 0 Å². The lowest BCUT2D eigenvalue weighted by Crippen LogP contribution is -2.11. The number of aromatic nitrogens is 4. The van der Waals surface area contributed by atoms with Crippen LogP contribution in [0.4, 0.5) is 0 Å². The van der Waals surface area contributed by atoms with E-state index in [0.717, 1.165) is 5.56 Å². The van der Waals surface area contributed by atoms with E-state index >= 15 is 0 Å². The van der Waals surface area contributed by atoms with Crippen molar-refractivity contribution in [3.8, 4) is 5.82 Å². The van der Waals surface area contributed by atoms with Crippen molar-refractivity contribution in [3.63, 3.8) is 0 Å². The van der Waals surface area contributed by atoms with E-state index in [0.29, 0.717) is 5.82 Å². The number of hydrogen-bond donors (Lipinski definition) is 1. The lowest BCUT2D eigenvalue weighted by atomic mass is 10.4. The van der Waals surface area contributed by atoms with Gasteiger partial charge in [0.1, 0.15) is 0 Å². The number of H-pyrrole nitrogens is 1. The van der Waals surface area contributed by atoms with E-state index in [1.807, 2.05) is 6.92 Å². The number of halogens is 1. The van der Waals surface area contributed by atoms with E-state index in [1.165, 1.54) is 11.0 Å². The number of aromatic amines is 1. The SMILES string of the molecule is Cc1cnn(-c2nc[nH]c(=O)c2Cl)c1. The van der Waals surface area contributed by atoms with Crippen molar-refractivity contribution in [1.82, 2.24) is 19.7 Å². The maximum atomic E-state index is 11.2. The van der Waals surface area contributed by atoms with Gasteiger partial charge in [0.25, 0.3) is 5.56 Å². The lowest BCUT2D eigenvalue weighted by Gasteiger charge is -2.00. The highest BCUT2D eigenvalue weighted by molar-refractivity contribution is 6.31. The van der Waals surface area contributed by atoms with Gasteiger partial charge in [0.2, 0.25) is 0 Å². The molecule has 2 heterocycles. The third kappa shape index (κ3) is 1.42. The molecule has 0 aliphatic rings. The standard InChI is InChI=1S/C8H7ClN4O/c1-5-2-12-13(3-5)7-6(9)8(14)11-4-10-7/h2-4H,1H3,(H,10,11,14). The molecule has 0 saturated heterocycles. The molecular weight excluding hydrogens is 204 g/mol. The normalized spacial score (nSPS) is 10.4. The van der Waals surface area contributed by atoms with Crippen molar-refractivity contribution >= 4 is 11.6 Å². The number of nitrogens with zero attached hydrogens (tertiary/aromatic N) is 3. The van der Waals surface area contributed by atoms with Crippen LogP contribution in [0.5, 0.6) is 0 Å². The summed E-state index contributed by atoms with van der Waals surface area (Å²) in [4.78, 5) is 17.5. The Morgan fingerprint density at radius 3 is 3.00 bits per heavy atom. The molecule has 0 aromatic carbocycles. The highest BCUT2D eigenvalue weighted by Gasteiger charge is 2.08. The zero-order valence-electron chi connectivity index (χ0n) is 7.36. The lowest BCUT2D eigenvalue weighted by molar-refractivity contribution is 0.835. The number of rotatable bonds is 1. The summed E-state index contributed by atoms with van der Waals surface area (Å²) in [6, 6.07) is 0. The quantitative estimate of drug-likeness (QED) is 0.761. The van der Waals surface area contributed by atoms with Crippen molar-refractivity contribution in [2.24, 2.45) is 0 Å². The van der Waals surface area contributed by atoms with Crippen molar-refractivity contribution in [1.29, 1.82) is 0 Å². The average molecular weight is 211 g/mol. The van der Waals surface area contributed by atoms with Crippen molar-refractivity contribution in [2.45, 2.75) is 6.92 Å². The molecule has 2 aromatic rings. The van der Waals surface area contributed by atoms with Crippen molar-refractivity contribution < 1.29 is 0 Å². The summed E-state index contributed by atoms with van der Waals surface area (Å²) >= 11 is 5.77. The van der Waals surface area contributed by atoms with Crippen molar-refractivity contribution in [3.05, 3.63) is 39.7 Å². The van der Waals surface area contributed by atoms with E-state index in [4.69, 9.17) is 11.6 Å². The summed E-state index contributed by atoms with van der Waals surface area (Å²) in [5, 5.41) is 4.04. The molecule has 0 spiro atoms. The Bertz CT molecular complexity index is 516. The first kappa shape index (κ1) is 8.96. The van der Waals surface area contributed by atoms with Crippen molar-refractivity contribution in [2.75, 3.05) is 0 Å². The maximum absolute atomic E-state index is 11.2. The predicted molar refractivity (Wildman–Crippen MR) is 51.7 cm³/mol. The molecule has 0 aliphatic heterocycles. The van der Waals surface area contributed by atoms with Gasteiger partial charge in [0, 0.05) is 6.20 Å². The van der Waals surface area contributed by atoms with Gasteiger partial charge in [-0.2, -0.15) is 5.10 Å². The molecule has 0 amide bonds. The van der Waals surface area contributed by atoms with E-state index in [1.54, 1.807) is 12.4 Å². The third-order valence-corrected chi connectivity index (χ3v) is 2.05. The molecule has 0 unspecified atom stereocenters. The Hall–Kier alpha value is -1.62. The Labute approximate surface area is 84.4 Å². The minimum absolute atomic E-state index is 0.0376. The monoisotopic (exact) mass is 210 g/mol. The zero-order chi connectivity index (χ0) is 10.1. The molecule has 0 saturated carbocycles. The topological polar surface area (TPSA) is 63.6 Å². The van der Waals surface area contributed by atoms with Crippen LogP contribution in [0.3, 0.4) is 0 Å². The van der Waals surface area contributed by atoms with E-state index in [-0.39, 0.29) is 10.6 Å². The molecule has 0 fully saturated rings. The number of aryl methyl sites for hydroxylation is 1. The molecule has 14 heavy (non-hydrogen) atoms. The Morgan fingerprint density at radius 2 is 2.36 bits per heavy atom. The first-order chi connectivity index (χ1) is 6.68. The van der Waals surface area contributed by atoms with Crippen LogP contribution < -0.4 is 5.56 Å². The summed E-state index contributed by atoms with van der Waals surface area (Å²) in [5.41, 5.74) is 0.605. The summed E-state index contributed by atoms with van der Waals surface area (Å²) in [6.45, 7) is 1.89. The van der Waals surface area contributed by atoms with Crippen LogP contribution in [0.15, 0.2) is 23.5 Å². The fourth-order valence-corrected chi connectivity index (χ4v) is 1.25. The summed E-state index contributed by atoms with van der Waals surface area (Å²) in [7, 11) is 0. The van der Waals surface area contributed by atoms with Gasteiger partial charge in [-0.15, -0.1) is 0 Å². The minimum atomic E-state index is -0.371. The second-order valence-electron chi connectivity index (χ2n) is 2.83. The van der Waals surface area contributed by atoms with Gasteiger partial charge in [0.15, 0.2) is 10.8 Å². The van der Waals surface area contributed by atoms with Crippen LogP contribution in [0.25, 0.3) is 5.82 Å². The summed E-state index contributed by atoms with van der Waals surface area (Å²) in [5.74, 6) is 0.337. The zero-order valence-corrected chi connectivity index (χ0v) is 8.12. The fourth-order valence-electron chi connectivity index (χ4n) is 1.06. The van der Waals surface area contributed by atoms with Gasteiger partial charge in [-0.05, 0) is 12.5 Å². The smallest absolute Gasteiger partial charge is 0.271 e. The molecular formula is C8H7ClN4O. The van der Waals surface area contributed by atoms with Gasteiger partial charge in [-0.3, -0.25) is 4.79 Å². The Morgan fingerprint density at radius 1 is 1.57 bits per heavy atom. The molecule has 6 heteroatoms. The molecule has 0 bridgehead atoms. The van der Waals surface area contributed by atoms with E-state index < -0.39 is 0 Å². The second-order valence-corrected chi connectivity index (χ2v) is 3.21. The molecule has 2 aromatic heterocycles. The number of hydrogen-bond acceptors (Lipinski definition) is 3.